The lowest BCUT2D eigenvalue weighted by Crippen LogP contribution is -2.41. The van der Waals surface area contributed by atoms with E-state index in [2.05, 4.69) is 10.4 Å². The van der Waals surface area contributed by atoms with Crippen molar-refractivity contribution in [1.82, 2.24) is 15.1 Å². The maximum Gasteiger partial charge on any atom is 0.251 e. The number of hydrogen-bond acceptors (Lipinski definition) is 4. The lowest BCUT2D eigenvalue weighted by molar-refractivity contribution is 0.0928. The molecule has 1 aliphatic carbocycles. The van der Waals surface area contributed by atoms with Crippen molar-refractivity contribution in [1.29, 1.82) is 0 Å². The number of benzene rings is 1. The second kappa shape index (κ2) is 6.76. The molecule has 24 heavy (non-hydrogen) atoms. The van der Waals surface area contributed by atoms with Crippen molar-refractivity contribution in [3.63, 3.8) is 0 Å². The summed E-state index contributed by atoms with van der Waals surface area (Å²) in [6.45, 7) is 0. The highest BCUT2D eigenvalue weighted by molar-refractivity contribution is 7.91. The summed E-state index contributed by atoms with van der Waals surface area (Å²) in [5, 5.41) is 6.78. The first kappa shape index (κ1) is 16.7. The van der Waals surface area contributed by atoms with Crippen LogP contribution in [0.4, 0.5) is 0 Å². The predicted molar refractivity (Wildman–Crippen MR) is 91.9 cm³/mol. The molecule has 0 radical (unpaired) electrons. The van der Waals surface area contributed by atoms with Gasteiger partial charge in [-0.15, -0.1) is 0 Å². The number of sulfone groups is 1. The van der Waals surface area contributed by atoms with Crippen molar-refractivity contribution in [3.05, 3.63) is 48.3 Å². The standard InChI is InChI=1S/C17H21N3O3S/c1-24(22,23)16-8-3-6-14(12-16)19-17(21)13-5-2-7-15(11-13)20-10-4-9-18-20/h2,4-5,7,9-11,14,16H,3,6,8,12H2,1H3,(H,19,21)/t14-,16+/m0/s1. The van der Waals surface area contributed by atoms with Gasteiger partial charge in [-0.1, -0.05) is 12.5 Å². The van der Waals surface area contributed by atoms with Crippen LogP contribution in [0.2, 0.25) is 0 Å². The molecular weight excluding hydrogens is 326 g/mol. The van der Waals surface area contributed by atoms with Crippen LogP contribution in [0.3, 0.4) is 0 Å². The maximum atomic E-state index is 12.5. The number of carbonyl (C=O) groups is 1. The Balaban J connectivity index is 1.70. The first-order valence-corrected chi connectivity index (χ1v) is 9.99. The average Bonchev–Trinajstić information content (AvgIpc) is 3.09. The maximum absolute atomic E-state index is 12.5. The van der Waals surface area contributed by atoms with Crippen molar-refractivity contribution in [3.8, 4) is 5.69 Å². The Kier molecular flexibility index (Phi) is 4.71. The minimum atomic E-state index is -3.06. The molecular formula is C17H21N3O3S. The normalized spacial score (nSPS) is 21.4. The topological polar surface area (TPSA) is 81.1 Å². The van der Waals surface area contributed by atoms with Crippen molar-refractivity contribution < 1.29 is 13.2 Å². The molecule has 0 saturated heterocycles. The van der Waals surface area contributed by atoms with E-state index in [0.29, 0.717) is 18.4 Å². The molecule has 1 aromatic carbocycles. The zero-order chi connectivity index (χ0) is 17.2. The van der Waals surface area contributed by atoms with Crippen LogP contribution < -0.4 is 5.32 Å². The van der Waals surface area contributed by atoms with E-state index in [9.17, 15) is 13.2 Å². The molecule has 0 bridgehead atoms. The number of carbonyl (C=O) groups excluding carboxylic acids is 1. The van der Waals surface area contributed by atoms with E-state index in [1.165, 1.54) is 6.26 Å². The smallest absolute Gasteiger partial charge is 0.251 e. The summed E-state index contributed by atoms with van der Waals surface area (Å²) >= 11 is 0. The number of nitrogens with zero attached hydrogens (tertiary/aromatic N) is 2. The molecule has 1 aliphatic rings. The predicted octanol–water partition coefficient (Wildman–Crippen LogP) is 1.96. The Morgan fingerprint density at radius 3 is 2.83 bits per heavy atom. The van der Waals surface area contributed by atoms with Gasteiger partial charge in [0.1, 0.15) is 9.84 Å². The number of hydrogen-bond donors (Lipinski definition) is 1. The first-order valence-electron chi connectivity index (χ1n) is 8.03. The first-order chi connectivity index (χ1) is 11.4. The largest absolute Gasteiger partial charge is 0.349 e. The van der Waals surface area contributed by atoms with Crippen molar-refractivity contribution in [2.45, 2.75) is 37.0 Å². The summed E-state index contributed by atoms with van der Waals surface area (Å²) in [5.41, 5.74) is 1.36. The summed E-state index contributed by atoms with van der Waals surface area (Å²) in [6, 6.07) is 8.94. The Bertz CT molecular complexity index is 815. The number of rotatable bonds is 4. The van der Waals surface area contributed by atoms with Crippen LogP contribution >= 0.6 is 0 Å². The molecule has 3 rings (SSSR count). The molecule has 1 amide bonds. The summed E-state index contributed by atoms with van der Waals surface area (Å²) in [4.78, 5) is 12.5. The molecule has 2 atom stereocenters. The fraction of sp³-hybridized carbons (Fsp3) is 0.412. The van der Waals surface area contributed by atoms with Gasteiger partial charge in [0.2, 0.25) is 0 Å². The van der Waals surface area contributed by atoms with Crippen LogP contribution in [0, 0.1) is 0 Å². The fourth-order valence-electron chi connectivity index (χ4n) is 3.14. The SMILES string of the molecule is CS(=O)(=O)[C@@H]1CCC[C@H](NC(=O)c2cccc(-n3cccn3)c2)C1. The zero-order valence-electron chi connectivity index (χ0n) is 13.6. The van der Waals surface area contributed by atoms with Gasteiger partial charge in [-0.3, -0.25) is 4.79 Å². The molecule has 1 aromatic heterocycles. The molecule has 0 aliphatic heterocycles. The van der Waals surface area contributed by atoms with E-state index >= 15 is 0 Å². The second-order valence-electron chi connectivity index (χ2n) is 6.29. The van der Waals surface area contributed by atoms with Crippen LogP contribution in [0.15, 0.2) is 42.7 Å². The minimum Gasteiger partial charge on any atom is -0.349 e. The van der Waals surface area contributed by atoms with Crippen LogP contribution in [0.5, 0.6) is 0 Å². The van der Waals surface area contributed by atoms with E-state index in [1.807, 2.05) is 24.4 Å². The minimum absolute atomic E-state index is 0.0978. The van der Waals surface area contributed by atoms with Crippen molar-refractivity contribution in [2.75, 3.05) is 6.26 Å². The summed E-state index contributed by atoms with van der Waals surface area (Å²) < 4.78 is 25.2. The van der Waals surface area contributed by atoms with Gasteiger partial charge in [-0.05, 0) is 43.5 Å². The van der Waals surface area contributed by atoms with Gasteiger partial charge in [0.05, 0.1) is 10.9 Å². The highest BCUT2D eigenvalue weighted by Crippen LogP contribution is 2.24. The van der Waals surface area contributed by atoms with Crippen molar-refractivity contribution in [2.24, 2.45) is 0 Å². The Morgan fingerprint density at radius 2 is 2.12 bits per heavy atom. The third-order valence-corrected chi connectivity index (χ3v) is 6.08. The number of amides is 1. The third kappa shape index (κ3) is 3.84. The molecule has 6 nitrogen and oxygen atoms in total. The van der Waals surface area contributed by atoms with Gasteiger partial charge in [0.15, 0.2) is 0 Å². The molecule has 0 spiro atoms. The van der Waals surface area contributed by atoms with Crippen LogP contribution in [-0.4, -0.2) is 41.7 Å². The van der Waals surface area contributed by atoms with Gasteiger partial charge >= 0.3 is 0 Å². The monoisotopic (exact) mass is 347 g/mol. The van der Waals surface area contributed by atoms with Gasteiger partial charge < -0.3 is 5.32 Å². The average molecular weight is 347 g/mol. The molecule has 128 valence electrons. The Labute approximate surface area is 141 Å². The number of aromatic nitrogens is 2. The van der Waals surface area contributed by atoms with E-state index in [4.69, 9.17) is 0 Å². The second-order valence-corrected chi connectivity index (χ2v) is 8.62. The molecule has 1 saturated carbocycles. The lowest BCUT2D eigenvalue weighted by atomic mass is 9.94. The third-order valence-electron chi connectivity index (χ3n) is 4.44. The summed E-state index contributed by atoms with van der Waals surface area (Å²) in [6.07, 6.45) is 7.57. The van der Waals surface area contributed by atoms with Gasteiger partial charge in [0.25, 0.3) is 5.91 Å². The quantitative estimate of drug-likeness (QED) is 0.917. The van der Waals surface area contributed by atoms with Gasteiger partial charge in [0, 0.05) is 30.3 Å². The molecule has 7 heteroatoms. The van der Waals surface area contributed by atoms with Crippen molar-refractivity contribution >= 4 is 15.7 Å². The van der Waals surface area contributed by atoms with E-state index < -0.39 is 9.84 Å². The molecule has 1 N–H and O–H groups in total. The van der Waals surface area contributed by atoms with Gasteiger partial charge in [-0.25, -0.2) is 13.1 Å². The molecule has 2 aromatic rings. The van der Waals surface area contributed by atoms with Crippen LogP contribution in [0.1, 0.15) is 36.0 Å². The lowest BCUT2D eigenvalue weighted by Gasteiger charge is -2.28. The fourth-order valence-corrected chi connectivity index (χ4v) is 4.32. The highest BCUT2D eigenvalue weighted by Gasteiger charge is 2.29. The summed E-state index contributed by atoms with van der Waals surface area (Å²) in [5.74, 6) is -0.178. The summed E-state index contributed by atoms with van der Waals surface area (Å²) in [7, 11) is -3.06. The Hall–Kier alpha value is -2.15. The van der Waals surface area contributed by atoms with E-state index in [0.717, 1.165) is 18.5 Å². The molecule has 1 fully saturated rings. The number of nitrogens with one attached hydrogen (secondary N) is 1. The Morgan fingerprint density at radius 1 is 1.29 bits per heavy atom. The molecule has 0 unspecified atom stereocenters. The molecule has 1 heterocycles. The van der Waals surface area contributed by atoms with Gasteiger partial charge in [-0.2, -0.15) is 5.10 Å². The van der Waals surface area contributed by atoms with E-state index in [-0.39, 0.29) is 17.2 Å². The van der Waals surface area contributed by atoms with Crippen LogP contribution in [-0.2, 0) is 9.84 Å². The van der Waals surface area contributed by atoms with Crippen LogP contribution in [0.25, 0.3) is 5.69 Å². The highest BCUT2D eigenvalue weighted by atomic mass is 32.2. The zero-order valence-corrected chi connectivity index (χ0v) is 14.4. The van der Waals surface area contributed by atoms with E-state index in [1.54, 1.807) is 23.0 Å².